The molecule has 0 saturated carbocycles. The van der Waals surface area contributed by atoms with Crippen molar-refractivity contribution in [2.75, 3.05) is 20.8 Å². The summed E-state index contributed by atoms with van der Waals surface area (Å²) in [6.07, 6.45) is 0.166. The molecule has 0 unspecified atom stereocenters. The summed E-state index contributed by atoms with van der Waals surface area (Å²) in [6.45, 7) is 1.87. The van der Waals surface area contributed by atoms with Crippen molar-refractivity contribution in [1.29, 1.82) is 0 Å². The number of amides is 1. The van der Waals surface area contributed by atoms with E-state index in [1.54, 1.807) is 6.92 Å². The van der Waals surface area contributed by atoms with Crippen LogP contribution in [0.25, 0.3) is 0 Å². The molecule has 1 amide bonds. The molecule has 18 heavy (non-hydrogen) atoms. The molecular formula is C11H19NO6. The number of carbonyl (C=O) groups is 3. The average Bonchev–Trinajstić information content (AvgIpc) is 2.36. The number of methoxy groups -OCH3 is 2. The zero-order valence-corrected chi connectivity index (χ0v) is 10.9. The van der Waals surface area contributed by atoms with E-state index in [0.717, 1.165) is 0 Å². The highest BCUT2D eigenvalue weighted by molar-refractivity contribution is 5.81. The van der Waals surface area contributed by atoms with E-state index in [9.17, 15) is 14.4 Å². The molecule has 0 radical (unpaired) electrons. The summed E-state index contributed by atoms with van der Waals surface area (Å²) in [5, 5.41) is 2.37. The average molecular weight is 261 g/mol. The van der Waals surface area contributed by atoms with Crippen LogP contribution in [-0.4, -0.2) is 44.9 Å². The second-order valence-electron chi connectivity index (χ2n) is 3.41. The normalized spacial score (nSPS) is 11.3. The Kier molecular flexibility index (Phi) is 8.34. The number of alkyl carbamates (subject to hydrolysis) is 1. The van der Waals surface area contributed by atoms with Gasteiger partial charge in [-0.05, 0) is 19.8 Å². The van der Waals surface area contributed by atoms with Crippen molar-refractivity contribution >= 4 is 18.0 Å². The smallest absolute Gasteiger partial charge is 0.407 e. The van der Waals surface area contributed by atoms with Crippen LogP contribution in [0.5, 0.6) is 0 Å². The maximum atomic E-state index is 11.4. The molecule has 0 aromatic carbocycles. The van der Waals surface area contributed by atoms with E-state index in [4.69, 9.17) is 0 Å². The van der Waals surface area contributed by atoms with Gasteiger partial charge in [0.15, 0.2) is 0 Å². The second kappa shape index (κ2) is 9.26. The van der Waals surface area contributed by atoms with Crippen molar-refractivity contribution in [3.63, 3.8) is 0 Å². The maximum absolute atomic E-state index is 11.4. The predicted molar refractivity (Wildman–Crippen MR) is 61.8 cm³/mol. The highest BCUT2D eigenvalue weighted by Crippen LogP contribution is 2.04. The SMILES string of the molecule is CCOC(=O)N[C@H](CCCC(=O)OC)C(=O)OC. The van der Waals surface area contributed by atoms with Crippen LogP contribution in [0.15, 0.2) is 0 Å². The van der Waals surface area contributed by atoms with Crippen LogP contribution in [0.4, 0.5) is 4.79 Å². The summed E-state index contributed by atoms with van der Waals surface area (Å²) in [4.78, 5) is 33.5. The molecule has 104 valence electrons. The molecule has 1 N–H and O–H groups in total. The van der Waals surface area contributed by atoms with Gasteiger partial charge in [0.05, 0.1) is 20.8 Å². The van der Waals surface area contributed by atoms with Gasteiger partial charge in [-0.3, -0.25) is 4.79 Å². The minimum absolute atomic E-state index is 0.175. The summed E-state index contributed by atoms with van der Waals surface area (Å²) in [5.41, 5.74) is 0. The van der Waals surface area contributed by atoms with E-state index in [1.807, 2.05) is 0 Å². The van der Waals surface area contributed by atoms with Crippen LogP contribution in [-0.2, 0) is 23.8 Å². The molecule has 0 aromatic rings. The number of esters is 2. The van der Waals surface area contributed by atoms with Gasteiger partial charge >= 0.3 is 18.0 Å². The summed E-state index contributed by atoms with van der Waals surface area (Å²) in [7, 11) is 2.51. The Labute approximate surface area is 106 Å². The topological polar surface area (TPSA) is 90.9 Å². The maximum Gasteiger partial charge on any atom is 0.407 e. The number of nitrogens with one attached hydrogen (secondary N) is 1. The minimum Gasteiger partial charge on any atom is -0.469 e. The van der Waals surface area contributed by atoms with Crippen molar-refractivity contribution in [2.45, 2.75) is 32.2 Å². The van der Waals surface area contributed by atoms with Gasteiger partial charge in [0.25, 0.3) is 0 Å². The van der Waals surface area contributed by atoms with Gasteiger partial charge < -0.3 is 19.5 Å². The highest BCUT2D eigenvalue weighted by atomic mass is 16.6. The Morgan fingerprint density at radius 2 is 1.83 bits per heavy atom. The van der Waals surface area contributed by atoms with E-state index < -0.39 is 18.1 Å². The predicted octanol–water partition coefficient (Wildman–Crippen LogP) is 0.617. The Bertz CT molecular complexity index is 291. The van der Waals surface area contributed by atoms with Gasteiger partial charge in [-0.2, -0.15) is 0 Å². The Balaban J connectivity index is 4.19. The summed E-state index contributed by atoms with van der Waals surface area (Å²) in [6, 6.07) is -0.821. The lowest BCUT2D eigenvalue weighted by Crippen LogP contribution is -2.41. The molecule has 0 saturated heterocycles. The molecule has 7 nitrogen and oxygen atoms in total. The van der Waals surface area contributed by atoms with E-state index in [2.05, 4.69) is 19.5 Å². The fourth-order valence-electron chi connectivity index (χ4n) is 1.26. The summed E-state index contributed by atoms with van der Waals surface area (Å²) >= 11 is 0. The molecule has 1 atom stereocenters. The standard InChI is InChI=1S/C11H19NO6/c1-4-18-11(15)12-8(10(14)17-3)6-5-7-9(13)16-2/h8H,4-7H2,1-3H3,(H,12,15)/t8-/m1/s1. The van der Waals surface area contributed by atoms with Crippen LogP contribution < -0.4 is 5.32 Å². The van der Waals surface area contributed by atoms with Gasteiger partial charge in [0.1, 0.15) is 6.04 Å². The van der Waals surface area contributed by atoms with E-state index in [0.29, 0.717) is 6.42 Å². The van der Waals surface area contributed by atoms with Gasteiger partial charge in [-0.1, -0.05) is 0 Å². The first-order valence-corrected chi connectivity index (χ1v) is 5.63. The Hall–Kier alpha value is -1.79. The molecule has 0 heterocycles. The quantitative estimate of drug-likeness (QED) is 0.533. The van der Waals surface area contributed by atoms with Gasteiger partial charge in [0, 0.05) is 6.42 Å². The van der Waals surface area contributed by atoms with Gasteiger partial charge in [-0.25, -0.2) is 9.59 Å². The molecule has 0 aliphatic carbocycles. The first-order chi connectivity index (χ1) is 8.54. The first kappa shape index (κ1) is 16.2. The van der Waals surface area contributed by atoms with Crippen molar-refractivity contribution in [1.82, 2.24) is 5.32 Å². The fraction of sp³-hybridized carbons (Fsp3) is 0.727. The van der Waals surface area contributed by atoms with Crippen LogP contribution in [0, 0.1) is 0 Å². The minimum atomic E-state index is -0.821. The lowest BCUT2D eigenvalue weighted by molar-refractivity contribution is -0.144. The van der Waals surface area contributed by atoms with Crippen molar-refractivity contribution in [3.8, 4) is 0 Å². The molecule has 7 heteroatoms. The number of ether oxygens (including phenoxy) is 3. The summed E-state index contributed by atoms with van der Waals surface area (Å²) in [5.74, 6) is -0.942. The molecule has 0 aliphatic heterocycles. The molecule has 0 fully saturated rings. The molecule has 0 bridgehead atoms. The second-order valence-corrected chi connectivity index (χ2v) is 3.41. The molecule has 0 aliphatic rings. The molecule has 0 spiro atoms. The van der Waals surface area contributed by atoms with E-state index in [-0.39, 0.29) is 25.4 Å². The molecule has 0 rings (SSSR count). The fourth-order valence-corrected chi connectivity index (χ4v) is 1.26. The largest absolute Gasteiger partial charge is 0.469 e. The first-order valence-electron chi connectivity index (χ1n) is 5.63. The van der Waals surface area contributed by atoms with Crippen LogP contribution in [0.2, 0.25) is 0 Å². The zero-order valence-electron chi connectivity index (χ0n) is 10.9. The van der Waals surface area contributed by atoms with Crippen LogP contribution in [0.3, 0.4) is 0 Å². The van der Waals surface area contributed by atoms with Gasteiger partial charge in [-0.15, -0.1) is 0 Å². The highest BCUT2D eigenvalue weighted by Gasteiger charge is 2.22. The third kappa shape index (κ3) is 6.72. The lowest BCUT2D eigenvalue weighted by Gasteiger charge is -2.15. The zero-order chi connectivity index (χ0) is 14.0. The van der Waals surface area contributed by atoms with E-state index >= 15 is 0 Å². The molecular weight excluding hydrogens is 242 g/mol. The third-order valence-electron chi connectivity index (χ3n) is 2.15. The Morgan fingerprint density at radius 1 is 1.17 bits per heavy atom. The third-order valence-corrected chi connectivity index (χ3v) is 2.15. The van der Waals surface area contributed by atoms with E-state index in [1.165, 1.54) is 14.2 Å². The van der Waals surface area contributed by atoms with Crippen LogP contribution in [0.1, 0.15) is 26.2 Å². The number of hydrogen-bond acceptors (Lipinski definition) is 6. The van der Waals surface area contributed by atoms with Crippen LogP contribution >= 0.6 is 0 Å². The number of rotatable bonds is 7. The monoisotopic (exact) mass is 261 g/mol. The van der Waals surface area contributed by atoms with Crippen molar-refractivity contribution in [2.24, 2.45) is 0 Å². The van der Waals surface area contributed by atoms with Crippen molar-refractivity contribution < 1.29 is 28.6 Å². The Morgan fingerprint density at radius 3 is 2.33 bits per heavy atom. The van der Waals surface area contributed by atoms with Gasteiger partial charge in [0.2, 0.25) is 0 Å². The number of carbonyl (C=O) groups excluding carboxylic acids is 3. The molecule has 0 aromatic heterocycles. The van der Waals surface area contributed by atoms with Crippen molar-refractivity contribution in [3.05, 3.63) is 0 Å². The lowest BCUT2D eigenvalue weighted by atomic mass is 10.1. The number of hydrogen-bond donors (Lipinski definition) is 1. The summed E-state index contributed by atoms with van der Waals surface area (Å²) < 4.78 is 13.7.